The van der Waals surface area contributed by atoms with E-state index >= 15 is 0 Å². The van der Waals surface area contributed by atoms with Crippen LogP contribution in [0.1, 0.15) is 86.0 Å². The summed E-state index contributed by atoms with van der Waals surface area (Å²) in [5, 5.41) is 8.81. The molecule has 1 aromatic heterocycles. The molecular weight excluding hydrogens is 448 g/mol. The molecule has 5 rings (SSSR count). The van der Waals surface area contributed by atoms with Gasteiger partial charge in [0.25, 0.3) is 5.91 Å². The molecule has 1 N–H and O–H groups in total. The van der Waals surface area contributed by atoms with E-state index in [0.717, 1.165) is 81.2 Å². The zero-order valence-electron chi connectivity index (χ0n) is 19.9. The van der Waals surface area contributed by atoms with E-state index in [-0.39, 0.29) is 23.8 Å². The van der Waals surface area contributed by atoms with Crippen molar-refractivity contribution in [1.29, 1.82) is 0 Å². The van der Waals surface area contributed by atoms with Gasteiger partial charge in [0.05, 0.1) is 5.69 Å². The summed E-state index contributed by atoms with van der Waals surface area (Å²) in [6.45, 7) is 1.33. The molecule has 0 unspecified atom stereocenters. The number of hydrogen-bond donors (Lipinski definition) is 1. The molecule has 2 aliphatic carbocycles. The van der Waals surface area contributed by atoms with Crippen molar-refractivity contribution in [2.75, 3.05) is 13.1 Å². The van der Waals surface area contributed by atoms with Crippen LogP contribution in [-0.4, -0.2) is 45.6 Å². The van der Waals surface area contributed by atoms with Crippen molar-refractivity contribution in [2.45, 2.75) is 83.1 Å². The number of fused-ring (bicyclic) bond motifs is 1. The van der Waals surface area contributed by atoms with E-state index in [4.69, 9.17) is 16.7 Å². The Kier molecular flexibility index (Phi) is 7.23. The predicted molar refractivity (Wildman–Crippen MR) is 133 cm³/mol. The first kappa shape index (κ1) is 23.4. The van der Waals surface area contributed by atoms with Crippen molar-refractivity contribution < 1.29 is 9.59 Å². The molecule has 2 fully saturated rings. The van der Waals surface area contributed by atoms with E-state index in [9.17, 15) is 9.59 Å². The zero-order valence-corrected chi connectivity index (χ0v) is 20.7. The summed E-state index contributed by atoms with van der Waals surface area (Å²) in [5.41, 5.74) is 3.84. The molecule has 7 heteroatoms. The smallest absolute Gasteiger partial charge is 0.274 e. The Balaban J connectivity index is 1.28. The standard InChI is InChI=1S/C27H35ClN4O2/c28-20-11-13-22(14-12-20)32-24-10-6-2-5-9-23(24)25(30-32)27(34)31-17-15-21(16-18-31)29-26(33)19-7-3-1-4-8-19/h11-14,19,21H,1-10,15-18H2,(H,29,33). The Morgan fingerprint density at radius 3 is 2.29 bits per heavy atom. The highest BCUT2D eigenvalue weighted by molar-refractivity contribution is 6.30. The fourth-order valence-corrected chi connectivity index (χ4v) is 5.93. The lowest BCUT2D eigenvalue weighted by atomic mass is 9.88. The third-order valence-corrected chi connectivity index (χ3v) is 8.06. The van der Waals surface area contributed by atoms with Gasteiger partial charge in [0.1, 0.15) is 0 Å². The summed E-state index contributed by atoms with van der Waals surface area (Å²) < 4.78 is 1.96. The molecule has 1 saturated carbocycles. The second kappa shape index (κ2) is 10.5. The normalized spacial score (nSPS) is 20.0. The number of aromatic nitrogens is 2. The highest BCUT2D eigenvalue weighted by atomic mass is 35.5. The van der Waals surface area contributed by atoms with Crippen molar-refractivity contribution in [3.05, 3.63) is 46.2 Å². The van der Waals surface area contributed by atoms with Crippen LogP contribution in [0, 0.1) is 5.92 Å². The second-order valence-corrected chi connectivity index (χ2v) is 10.6. The van der Waals surface area contributed by atoms with Crippen molar-refractivity contribution in [2.24, 2.45) is 5.92 Å². The quantitative estimate of drug-likeness (QED) is 0.617. The van der Waals surface area contributed by atoms with Crippen molar-refractivity contribution in [1.82, 2.24) is 20.0 Å². The average molecular weight is 483 g/mol. The van der Waals surface area contributed by atoms with Gasteiger partial charge in [-0.15, -0.1) is 0 Å². The van der Waals surface area contributed by atoms with Crippen LogP contribution in [0.3, 0.4) is 0 Å². The summed E-state index contributed by atoms with van der Waals surface area (Å²) in [6.07, 6.45) is 12.5. The molecule has 6 nitrogen and oxygen atoms in total. The lowest BCUT2D eigenvalue weighted by Crippen LogP contribution is -2.48. The molecular formula is C27H35ClN4O2. The molecule has 0 bridgehead atoms. The zero-order chi connectivity index (χ0) is 23.5. The van der Waals surface area contributed by atoms with Gasteiger partial charge in [0.2, 0.25) is 5.91 Å². The van der Waals surface area contributed by atoms with Crippen LogP contribution < -0.4 is 5.32 Å². The number of carbonyl (C=O) groups is 2. The molecule has 2 amide bonds. The molecule has 0 spiro atoms. The SMILES string of the molecule is O=C(NC1CCN(C(=O)c2nn(-c3ccc(Cl)cc3)c3c2CCCCC3)CC1)C1CCCCC1. The summed E-state index contributed by atoms with van der Waals surface area (Å²) in [6, 6.07) is 7.84. The number of nitrogens with zero attached hydrogens (tertiary/aromatic N) is 3. The van der Waals surface area contributed by atoms with Gasteiger partial charge in [-0.1, -0.05) is 37.3 Å². The fourth-order valence-electron chi connectivity index (χ4n) is 5.80. The number of benzene rings is 1. The average Bonchev–Trinajstić information content (AvgIpc) is 3.05. The number of rotatable bonds is 4. The fraction of sp³-hybridized carbons (Fsp3) is 0.593. The molecule has 1 aliphatic heterocycles. The Morgan fingerprint density at radius 1 is 0.882 bits per heavy atom. The molecule has 2 heterocycles. The molecule has 0 radical (unpaired) electrons. The molecule has 34 heavy (non-hydrogen) atoms. The second-order valence-electron chi connectivity index (χ2n) is 10.1. The van der Waals surface area contributed by atoms with Gasteiger partial charge in [-0.25, -0.2) is 4.68 Å². The summed E-state index contributed by atoms with van der Waals surface area (Å²) in [4.78, 5) is 28.2. The maximum absolute atomic E-state index is 13.6. The van der Waals surface area contributed by atoms with Crippen molar-refractivity contribution in [3.8, 4) is 5.69 Å². The Labute approximate surface area is 207 Å². The van der Waals surface area contributed by atoms with Crippen molar-refractivity contribution in [3.63, 3.8) is 0 Å². The van der Waals surface area contributed by atoms with E-state index in [1.807, 2.05) is 33.8 Å². The van der Waals surface area contributed by atoms with Crippen LogP contribution in [0.5, 0.6) is 0 Å². The van der Waals surface area contributed by atoms with Gasteiger partial charge >= 0.3 is 0 Å². The van der Waals surface area contributed by atoms with Crippen LogP contribution in [0.15, 0.2) is 24.3 Å². The van der Waals surface area contributed by atoms with Gasteiger partial charge in [-0.2, -0.15) is 5.10 Å². The Bertz CT molecular complexity index is 1020. The lowest BCUT2D eigenvalue weighted by molar-refractivity contribution is -0.126. The van der Waals surface area contributed by atoms with E-state index in [0.29, 0.717) is 23.8 Å². The maximum Gasteiger partial charge on any atom is 0.274 e. The minimum Gasteiger partial charge on any atom is -0.353 e. The minimum atomic E-state index is 0.0305. The lowest BCUT2D eigenvalue weighted by Gasteiger charge is -2.33. The predicted octanol–water partition coefficient (Wildman–Crippen LogP) is 5.10. The summed E-state index contributed by atoms with van der Waals surface area (Å²) in [7, 11) is 0. The van der Waals surface area contributed by atoms with Gasteiger partial charge in [0, 0.05) is 41.3 Å². The number of halogens is 1. The number of likely N-dealkylation sites (tertiary alicyclic amines) is 1. The molecule has 0 atom stereocenters. The third kappa shape index (κ3) is 5.02. The highest BCUT2D eigenvalue weighted by Gasteiger charge is 2.31. The van der Waals surface area contributed by atoms with E-state index in [1.54, 1.807) is 0 Å². The summed E-state index contributed by atoms with van der Waals surface area (Å²) >= 11 is 6.10. The monoisotopic (exact) mass is 482 g/mol. The molecule has 1 saturated heterocycles. The first-order valence-corrected chi connectivity index (χ1v) is 13.4. The maximum atomic E-state index is 13.6. The van der Waals surface area contributed by atoms with E-state index in [1.165, 1.54) is 12.8 Å². The topological polar surface area (TPSA) is 67.2 Å². The van der Waals surface area contributed by atoms with Gasteiger partial charge in [-0.3, -0.25) is 9.59 Å². The van der Waals surface area contributed by atoms with Crippen LogP contribution in [0.4, 0.5) is 0 Å². The first-order chi connectivity index (χ1) is 16.6. The van der Waals surface area contributed by atoms with E-state index < -0.39 is 0 Å². The van der Waals surface area contributed by atoms with E-state index in [2.05, 4.69) is 5.32 Å². The molecule has 1 aromatic carbocycles. The molecule has 182 valence electrons. The van der Waals surface area contributed by atoms with Gasteiger partial charge in [-0.05, 0) is 75.6 Å². The number of piperidine rings is 1. The molecule has 2 aromatic rings. The third-order valence-electron chi connectivity index (χ3n) is 7.81. The van der Waals surface area contributed by atoms with Gasteiger partial charge in [0.15, 0.2) is 5.69 Å². The van der Waals surface area contributed by atoms with Gasteiger partial charge < -0.3 is 10.2 Å². The molecule has 3 aliphatic rings. The number of hydrogen-bond acceptors (Lipinski definition) is 3. The number of carbonyl (C=O) groups excluding carboxylic acids is 2. The Hall–Kier alpha value is -2.34. The largest absolute Gasteiger partial charge is 0.353 e. The summed E-state index contributed by atoms with van der Waals surface area (Å²) in [5.74, 6) is 0.431. The van der Waals surface area contributed by atoms with Crippen LogP contribution in [0.25, 0.3) is 5.69 Å². The minimum absolute atomic E-state index is 0.0305. The van der Waals surface area contributed by atoms with Crippen LogP contribution in [0.2, 0.25) is 5.02 Å². The Morgan fingerprint density at radius 2 is 1.56 bits per heavy atom. The van der Waals surface area contributed by atoms with Crippen LogP contribution in [-0.2, 0) is 17.6 Å². The van der Waals surface area contributed by atoms with Crippen LogP contribution >= 0.6 is 11.6 Å². The number of nitrogens with one attached hydrogen (secondary N) is 1. The highest BCUT2D eigenvalue weighted by Crippen LogP contribution is 2.29. The van der Waals surface area contributed by atoms with Crippen molar-refractivity contribution >= 4 is 23.4 Å². The number of amides is 2. The first-order valence-electron chi connectivity index (χ1n) is 13.1.